The Morgan fingerprint density at radius 2 is 1.67 bits per heavy atom. The van der Waals surface area contributed by atoms with E-state index in [1.54, 1.807) is 0 Å². The molecule has 0 aromatic heterocycles. The molecule has 8 heteroatoms. The molecule has 1 aliphatic rings. The van der Waals surface area contributed by atoms with Gasteiger partial charge in [-0.25, -0.2) is 21.6 Å². The van der Waals surface area contributed by atoms with Gasteiger partial charge in [0.05, 0.1) is 9.79 Å². The van der Waals surface area contributed by atoms with Gasteiger partial charge in [-0.15, -0.1) is 0 Å². The molecule has 2 unspecified atom stereocenters. The molecule has 118 valence electrons. The Kier molecular flexibility index (Phi) is 4.97. The van der Waals surface area contributed by atoms with Gasteiger partial charge in [0.1, 0.15) is 0 Å². The first-order chi connectivity index (χ1) is 9.70. The maximum atomic E-state index is 12.2. The highest BCUT2D eigenvalue weighted by Gasteiger charge is 2.25. The summed E-state index contributed by atoms with van der Waals surface area (Å²) in [4.78, 5) is -0.0789. The molecule has 2 atom stereocenters. The molecule has 0 spiro atoms. The summed E-state index contributed by atoms with van der Waals surface area (Å²) in [5.74, 6) is 0.888. The molecule has 2 rings (SSSR count). The van der Waals surface area contributed by atoms with Crippen LogP contribution in [0.15, 0.2) is 34.1 Å². The second kappa shape index (κ2) is 6.24. The van der Waals surface area contributed by atoms with Gasteiger partial charge in [-0.3, -0.25) is 0 Å². The number of halogens is 1. The van der Waals surface area contributed by atoms with Gasteiger partial charge < -0.3 is 0 Å². The maximum Gasteiger partial charge on any atom is 0.261 e. The molecule has 1 saturated carbocycles. The van der Waals surface area contributed by atoms with Crippen LogP contribution >= 0.6 is 10.7 Å². The molecule has 0 radical (unpaired) electrons. The van der Waals surface area contributed by atoms with E-state index in [0.29, 0.717) is 18.4 Å². The summed E-state index contributed by atoms with van der Waals surface area (Å²) in [5.41, 5.74) is 0. The average molecular weight is 352 g/mol. The summed E-state index contributed by atoms with van der Waals surface area (Å²) < 4.78 is 49.2. The monoisotopic (exact) mass is 351 g/mol. The number of rotatable bonds is 5. The summed E-state index contributed by atoms with van der Waals surface area (Å²) in [7, 11) is -2.27. The summed E-state index contributed by atoms with van der Waals surface area (Å²) in [6.07, 6.45) is 3.30. The minimum absolute atomic E-state index is 0.0391. The van der Waals surface area contributed by atoms with Gasteiger partial charge in [0.25, 0.3) is 9.05 Å². The van der Waals surface area contributed by atoms with Crippen molar-refractivity contribution in [2.24, 2.45) is 11.8 Å². The van der Waals surface area contributed by atoms with E-state index in [-0.39, 0.29) is 9.79 Å². The Balaban J connectivity index is 2.09. The zero-order chi connectivity index (χ0) is 15.7. The lowest BCUT2D eigenvalue weighted by atomic mass is 9.99. The van der Waals surface area contributed by atoms with Crippen molar-refractivity contribution in [3.63, 3.8) is 0 Å². The molecule has 0 saturated heterocycles. The van der Waals surface area contributed by atoms with Gasteiger partial charge >= 0.3 is 0 Å². The van der Waals surface area contributed by atoms with Crippen molar-refractivity contribution in [2.45, 2.75) is 36.0 Å². The maximum absolute atomic E-state index is 12.2. The van der Waals surface area contributed by atoms with E-state index in [0.717, 1.165) is 19.3 Å². The molecular weight excluding hydrogens is 334 g/mol. The third-order valence-corrected chi connectivity index (χ3v) is 6.80. The van der Waals surface area contributed by atoms with Crippen LogP contribution in [0.2, 0.25) is 0 Å². The largest absolute Gasteiger partial charge is 0.261 e. The lowest BCUT2D eigenvalue weighted by Crippen LogP contribution is -2.30. The van der Waals surface area contributed by atoms with E-state index in [1.807, 2.05) is 0 Å². The summed E-state index contributed by atoms with van der Waals surface area (Å²) >= 11 is 0. The highest BCUT2D eigenvalue weighted by molar-refractivity contribution is 8.13. The number of benzene rings is 1. The smallest absolute Gasteiger partial charge is 0.211 e. The number of hydrogen-bond donors (Lipinski definition) is 1. The van der Waals surface area contributed by atoms with Crippen molar-refractivity contribution >= 4 is 29.8 Å². The first-order valence-electron chi connectivity index (χ1n) is 6.74. The van der Waals surface area contributed by atoms with Crippen molar-refractivity contribution in [3.05, 3.63) is 24.3 Å². The predicted octanol–water partition coefficient (Wildman–Crippen LogP) is 2.33. The zero-order valence-electron chi connectivity index (χ0n) is 11.6. The SMILES string of the molecule is CC1CCCC1CNS(=O)(=O)c1ccc(S(=O)(=O)Cl)cc1. The molecule has 5 nitrogen and oxygen atoms in total. The Bertz CT molecular complexity index is 698. The van der Waals surface area contributed by atoms with E-state index >= 15 is 0 Å². The topological polar surface area (TPSA) is 80.3 Å². The molecule has 0 aliphatic heterocycles. The van der Waals surface area contributed by atoms with Crippen LogP contribution in [0.4, 0.5) is 0 Å². The molecule has 21 heavy (non-hydrogen) atoms. The lowest BCUT2D eigenvalue weighted by molar-refractivity contribution is 0.414. The Morgan fingerprint density at radius 1 is 1.10 bits per heavy atom. The van der Waals surface area contributed by atoms with Crippen LogP contribution in [-0.4, -0.2) is 23.4 Å². The third kappa shape index (κ3) is 4.18. The Morgan fingerprint density at radius 3 is 2.14 bits per heavy atom. The van der Waals surface area contributed by atoms with Gasteiger partial charge in [0, 0.05) is 17.2 Å². The van der Waals surface area contributed by atoms with E-state index < -0.39 is 19.1 Å². The molecule has 0 amide bonds. The van der Waals surface area contributed by atoms with Crippen molar-refractivity contribution < 1.29 is 16.8 Å². The normalized spacial score (nSPS) is 23.3. The second-order valence-electron chi connectivity index (χ2n) is 5.43. The van der Waals surface area contributed by atoms with Gasteiger partial charge in [0.2, 0.25) is 10.0 Å². The van der Waals surface area contributed by atoms with Crippen LogP contribution in [-0.2, 0) is 19.1 Å². The fourth-order valence-electron chi connectivity index (χ4n) is 2.61. The molecule has 1 aromatic rings. The standard InChI is InChI=1S/C13H18ClNO4S2/c1-10-3-2-4-11(10)9-15-21(18,19)13-7-5-12(6-8-13)20(14,16)17/h5-8,10-11,15H,2-4,9H2,1H3. The van der Waals surface area contributed by atoms with Gasteiger partial charge in [-0.2, -0.15) is 0 Å². The fourth-order valence-corrected chi connectivity index (χ4v) is 4.47. The van der Waals surface area contributed by atoms with E-state index in [2.05, 4.69) is 11.6 Å². The van der Waals surface area contributed by atoms with Crippen LogP contribution in [0, 0.1) is 11.8 Å². The predicted molar refractivity (Wildman–Crippen MR) is 81.2 cm³/mol. The third-order valence-electron chi connectivity index (χ3n) is 3.99. The zero-order valence-corrected chi connectivity index (χ0v) is 14.0. The van der Waals surface area contributed by atoms with Crippen LogP contribution in [0.1, 0.15) is 26.2 Å². The van der Waals surface area contributed by atoms with Gasteiger partial charge in [0.15, 0.2) is 0 Å². The number of sulfonamides is 1. The van der Waals surface area contributed by atoms with E-state index in [1.165, 1.54) is 24.3 Å². The summed E-state index contributed by atoms with van der Waals surface area (Å²) in [6.45, 7) is 2.55. The Hall–Kier alpha value is -0.630. The highest BCUT2D eigenvalue weighted by Crippen LogP contribution is 2.30. The van der Waals surface area contributed by atoms with E-state index in [9.17, 15) is 16.8 Å². The number of hydrogen-bond acceptors (Lipinski definition) is 4. The van der Waals surface area contributed by atoms with Crippen molar-refractivity contribution in [1.82, 2.24) is 4.72 Å². The molecule has 0 bridgehead atoms. The highest BCUT2D eigenvalue weighted by atomic mass is 35.7. The van der Waals surface area contributed by atoms with Crippen LogP contribution < -0.4 is 4.72 Å². The van der Waals surface area contributed by atoms with Crippen molar-refractivity contribution in [2.75, 3.05) is 6.54 Å². The van der Waals surface area contributed by atoms with Crippen LogP contribution in [0.5, 0.6) is 0 Å². The van der Waals surface area contributed by atoms with Gasteiger partial charge in [-0.05, 0) is 42.5 Å². The van der Waals surface area contributed by atoms with Crippen molar-refractivity contribution in [1.29, 1.82) is 0 Å². The average Bonchev–Trinajstić information content (AvgIpc) is 2.81. The van der Waals surface area contributed by atoms with Crippen LogP contribution in [0.3, 0.4) is 0 Å². The lowest BCUT2D eigenvalue weighted by Gasteiger charge is -2.16. The minimum atomic E-state index is -3.84. The fraction of sp³-hybridized carbons (Fsp3) is 0.538. The second-order valence-corrected chi connectivity index (χ2v) is 9.76. The first-order valence-corrected chi connectivity index (χ1v) is 10.5. The molecule has 1 N–H and O–H groups in total. The molecule has 1 aliphatic carbocycles. The molecule has 1 fully saturated rings. The molecule has 1 aromatic carbocycles. The summed E-state index contributed by atoms with van der Waals surface area (Å²) in [5, 5.41) is 0. The Labute approximate surface area is 130 Å². The van der Waals surface area contributed by atoms with Crippen LogP contribution in [0.25, 0.3) is 0 Å². The molecule has 0 heterocycles. The minimum Gasteiger partial charge on any atom is -0.211 e. The first kappa shape index (κ1) is 16.7. The van der Waals surface area contributed by atoms with Gasteiger partial charge in [-0.1, -0.05) is 19.8 Å². The van der Waals surface area contributed by atoms with E-state index in [4.69, 9.17) is 10.7 Å². The van der Waals surface area contributed by atoms with Crippen molar-refractivity contribution in [3.8, 4) is 0 Å². The molecular formula is C13H18ClNO4S2. The number of nitrogens with one attached hydrogen (secondary N) is 1. The quantitative estimate of drug-likeness (QED) is 0.825. The summed E-state index contributed by atoms with van der Waals surface area (Å²) in [6, 6.07) is 4.87.